The largest absolute Gasteiger partial charge is 0.496 e. The zero-order valence-electron chi connectivity index (χ0n) is 34.3. The summed E-state index contributed by atoms with van der Waals surface area (Å²) < 4.78 is 40.9. The Hall–Kier alpha value is -4.62. The molecule has 312 valence electrons. The maximum absolute atomic E-state index is 14.9. The first-order valence-electron chi connectivity index (χ1n) is 21.1. The maximum Gasteiger partial charge on any atom is 0.240 e. The summed E-state index contributed by atoms with van der Waals surface area (Å²) in [5.74, 6) is -0.0818. The van der Waals surface area contributed by atoms with Crippen molar-refractivity contribution in [1.82, 2.24) is 19.6 Å². The zero-order chi connectivity index (χ0) is 41.5. The first-order valence-corrected chi connectivity index (χ1v) is 23.5. The van der Waals surface area contributed by atoms with Crippen LogP contribution in [0.2, 0.25) is 0 Å². The van der Waals surface area contributed by atoms with Crippen LogP contribution in [0.15, 0.2) is 66.1 Å². The van der Waals surface area contributed by atoms with Crippen LogP contribution >= 0.6 is 11.3 Å². The van der Waals surface area contributed by atoms with Gasteiger partial charge >= 0.3 is 0 Å². The summed E-state index contributed by atoms with van der Waals surface area (Å²) in [5.41, 5.74) is 3.06. The molecule has 4 heterocycles. The zero-order valence-corrected chi connectivity index (χ0v) is 35.9. The molecule has 0 unspecified atom stereocenters. The minimum absolute atomic E-state index is 0.0988. The third-order valence-corrected chi connectivity index (χ3v) is 15.4. The van der Waals surface area contributed by atoms with Crippen molar-refractivity contribution in [2.24, 2.45) is 17.3 Å². The molecule has 3 fully saturated rings. The molecule has 13 heteroatoms. The molecule has 0 bridgehead atoms. The fraction of sp³-hybridized carbons (Fsp3) is 0.500. The molecular weight excluding hydrogens is 785 g/mol. The second-order valence-corrected chi connectivity index (χ2v) is 20.1. The lowest BCUT2D eigenvalue weighted by Gasteiger charge is -2.29. The van der Waals surface area contributed by atoms with Crippen molar-refractivity contribution >= 4 is 49.9 Å². The second kappa shape index (κ2) is 16.8. The van der Waals surface area contributed by atoms with E-state index in [4.69, 9.17) is 19.4 Å². The number of rotatable bonds is 10. The molecule has 1 N–H and O–H groups in total. The standard InChI is InChI=1S/C46H54N4O7S2/c1-28(2)37-27-58-43(48-37)36-23-41(35-19-20-40(56-4)29(3)42(35)47-36)57-33-22-38-39(51)25-46(45(53)49-59(54,55)34-17-18-34)24-32(46)16-12-7-5-6-11-15-31(44(52)50(38)26-33)21-30-13-9-8-10-14-30/h8-10,12-14,16,19-20,23,27-28,31-34,38H,5-7,11,15,17-18,21-22,24-26H2,1-4H3,(H,49,53)/b16-12-/t31-,32+,33-,38+,46-/m1/s1. The van der Waals surface area contributed by atoms with Crippen LogP contribution in [0.3, 0.4) is 0 Å². The van der Waals surface area contributed by atoms with Crippen LogP contribution in [0.1, 0.15) is 101 Å². The molecule has 2 aliphatic carbocycles. The summed E-state index contributed by atoms with van der Waals surface area (Å²) in [7, 11) is -2.20. The smallest absolute Gasteiger partial charge is 0.240 e. The number of hydrogen-bond donors (Lipinski definition) is 1. The molecule has 2 aromatic heterocycles. The minimum atomic E-state index is -3.83. The molecule has 0 spiro atoms. The molecule has 0 radical (unpaired) electrons. The number of Topliss-reactive ketones (excluding diaryl/α,β-unsaturated/α-hetero) is 1. The molecule has 4 aromatic rings. The molecule has 2 amide bonds. The van der Waals surface area contributed by atoms with Crippen molar-refractivity contribution in [3.8, 4) is 22.2 Å². The second-order valence-electron chi connectivity index (χ2n) is 17.2. The molecule has 8 rings (SSSR count). The SMILES string of the molecule is COc1ccc2c(O[C@@H]3C[C@H]4C(=O)C[C@]5(C(=O)NS(=O)(=O)C6CC6)C[C@@H]5/C=C\CCCCC[C@H](Cc5ccccc5)C(=O)N4C3)cc(-c3nc(C(C)C)cs3)nc2c1C. The molecule has 4 aliphatic rings. The highest BCUT2D eigenvalue weighted by molar-refractivity contribution is 7.90. The Labute approximate surface area is 351 Å². The fourth-order valence-corrected chi connectivity index (χ4v) is 11.2. The van der Waals surface area contributed by atoms with E-state index in [0.717, 1.165) is 52.9 Å². The van der Waals surface area contributed by atoms with Gasteiger partial charge in [-0.05, 0) is 81.4 Å². The first kappa shape index (κ1) is 41.1. The average molecular weight is 839 g/mol. The highest BCUT2D eigenvalue weighted by atomic mass is 32.2. The molecule has 2 aliphatic heterocycles. The predicted octanol–water partition coefficient (Wildman–Crippen LogP) is 8.10. The number of fused-ring (bicyclic) bond motifs is 3. The van der Waals surface area contributed by atoms with E-state index in [1.165, 1.54) is 11.3 Å². The first-order chi connectivity index (χ1) is 28.4. The number of hydrogen-bond acceptors (Lipinski definition) is 10. The average Bonchev–Trinajstić information content (AvgIpc) is 4.09. The Morgan fingerprint density at radius 1 is 1.03 bits per heavy atom. The Kier molecular flexibility index (Phi) is 11.7. The van der Waals surface area contributed by atoms with Crippen molar-refractivity contribution in [3.05, 3.63) is 82.9 Å². The van der Waals surface area contributed by atoms with Crippen LogP contribution in [0, 0.1) is 24.2 Å². The van der Waals surface area contributed by atoms with Gasteiger partial charge in [-0.1, -0.05) is 69.2 Å². The van der Waals surface area contributed by atoms with Gasteiger partial charge in [-0.2, -0.15) is 0 Å². The number of benzene rings is 2. The highest BCUT2D eigenvalue weighted by Gasteiger charge is 2.61. The van der Waals surface area contributed by atoms with Gasteiger partial charge in [0, 0.05) is 41.2 Å². The molecule has 1 saturated heterocycles. The van der Waals surface area contributed by atoms with Crippen molar-refractivity contribution < 1.29 is 32.3 Å². The molecule has 11 nitrogen and oxygen atoms in total. The van der Waals surface area contributed by atoms with E-state index in [-0.39, 0.29) is 48.8 Å². The fourth-order valence-electron chi connectivity index (χ4n) is 8.88. The number of methoxy groups -OCH3 is 1. The predicted molar refractivity (Wildman–Crippen MR) is 229 cm³/mol. The van der Waals surface area contributed by atoms with Gasteiger partial charge in [0.05, 0.1) is 41.6 Å². The normalized spacial score (nSPS) is 25.8. The summed E-state index contributed by atoms with van der Waals surface area (Å²) in [6.45, 7) is 6.35. The summed E-state index contributed by atoms with van der Waals surface area (Å²) in [4.78, 5) is 55.3. The Morgan fingerprint density at radius 3 is 2.56 bits per heavy atom. The topological polar surface area (TPSA) is 145 Å². The van der Waals surface area contributed by atoms with E-state index < -0.39 is 38.7 Å². The number of sulfonamides is 1. The lowest BCUT2D eigenvalue weighted by Crippen LogP contribution is -2.46. The van der Waals surface area contributed by atoms with Crippen LogP contribution in [0.4, 0.5) is 0 Å². The number of nitrogens with one attached hydrogen (secondary N) is 1. The Morgan fingerprint density at radius 2 is 1.83 bits per heavy atom. The van der Waals surface area contributed by atoms with Crippen LogP contribution in [-0.2, 0) is 30.8 Å². The quantitative estimate of drug-likeness (QED) is 0.157. The summed E-state index contributed by atoms with van der Waals surface area (Å²) in [5, 5.41) is 3.01. The van der Waals surface area contributed by atoms with E-state index >= 15 is 0 Å². The number of aryl methyl sites for hydroxylation is 1. The van der Waals surface area contributed by atoms with Gasteiger partial charge in [-0.3, -0.25) is 19.1 Å². The molecular formula is C46H54N4O7S2. The Balaban J connectivity index is 1.15. The van der Waals surface area contributed by atoms with E-state index in [0.29, 0.717) is 54.8 Å². The number of amides is 2. The number of allylic oxidation sites excluding steroid dienone is 2. The van der Waals surface area contributed by atoms with Gasteiger partial charge in [0.1, 0.15) is 28.3 Å². The third-order valence-electron chi connectivity index (χ3n) is 12.7. The number of pyridine rings is 1. The van der Waals surface area contributed by atoms with Crippen molar-refractivity contribution in [3.63, 3.8) is 0 Å². The van der Waals surface area contributed by atoms with Crippen LogP contribution < -0.4 is 14.2 Å². The molecule has 2 saturated carbocycles. The van der Waals surface area contributed by atoms with Crippen LogP contribution in [0.25, 0.3) is 21.6 Å². The maximum atomic E-state index is 14.9. The molecule has 59 heavy (non-hydrogen) atoms. The molecule has 2 aromatic carbocycles. The van der Waals surface area contributed by atoms with Gasteiger partial charge in [0.15, 0.2) is 5.78 Å². The van der Waals surface area contributed by atoms with Gasteiger partial charge in [0.2, 0.25) is 21.8 Å². The van der Waals surface area contributed by atoms with E-state index in [2.05, 4.69) is 24.6 Å². The number of ether oxygens (including phenoxy) is 2. The summed E-state index contributed by atoms with van der Waals surface area (Å²) >= 11 is 1.52. The summed E-state index contributed by atoms with van der Waals surface area (Å²) in [6.07, 6.45) is 9.75. The number of thiazole rings is 1. The van der Waals surface area contributed by atoms with Crippen molar-refractivity contribution in [2.45, 2.75) is 115 Å². The number of carbonyl (C=O) groups is 3. The van der Waals surface area contributed by atoms with Crippen molar-refractivity contribution in [2.75, 3.05) is 13.7 Å². The monoisotopic (exact) mass is 838 g/mol. The number of ketones is 1. The number of carbonyl (C=O) groups excluding carboxylic acids is 3. The Bertz CT molecular complexity index is 2370. The number of nitrogens with zero attached hydrogens (tertiary/aromatic N) is 3. The minimum Gasteiger partial charge on any atom is -0.496 e. The van der Waals surface area contributed by atoms with Gasteiger partial charge in [0.25, 0.3) is 0 Å². The molecule has 5 atom stereocenters. The van der Waals surface area contributed by atoms with Gasteiger partial charge in [-0.25, -0.2) is 18.4 Å². The van der Waals surface area contributed by atoms with E-state index in [1.54, 1.807) is 12.0 Å². The number of aromatic nitrogens is 2. The lowest BCUT2D eigenvalue weighted by atomic mass is 9.90. The highest BCUT2D eigenvalue weighted by Crippen LogP contribution is 2.57. The third kappa shape index (κ3) is 8.68. The lowest BCUT2D eigenvalue weighted by molar-refractivity contribution is -0.142. The summed E-state index contributed by atoms with van der Waals surface area (Å²) in [6, 6.07) is 14.8. The van der Waals surface area contributed by atoms with Crippen LogP contribution in [0.5, 0.6) is 11.5 Å². The van der Waals surface area contributed by atoms with Gasteiger partial charge < -0.3 is 14.4 Å². The van der Waals surface area contributed by atoms with Crippen LogP contribution in [-0.4, -0.2) is 71.9 Å². The van der Waals surface area contributed by atoms with Gasteiger partial charge in [-0.15, -0.1) is 11.3 Å². The van der Waals surface area contributed by atoms with Crippen molar-refractivity contribution in [1.29, 1.82) is 0 Å². The van der Waals surface area contributed by atoms with E-state index in [9.17, 15) is 22.8 Å². The van der Waals surface area contributed by atoms with E-state index in [1.807, 2.05) is 66.9 Å².